The lowest BCUT2D eigenvalue weighted by Crippen LogP contribution is -2.43. The van der Waals surface area contributed by atoms with Crippen molar-refractivity contribution in [3.05, 3.63) is 29.8 Å². The zero-order valence-corrected chi connectivity index (χ0v) is 9.50. The van der Waals surface area contributed by atoms with Crippen molar-refractivity contribution in [2.75, 3.05) is 24.8 Å². The van der Waals surface area contributed by atoms with E-state index in [0.717, 1.165) is 12.1 Å². The number of rotatable bonds is 4. The van der Waals surface area contributed by atoms with Crippen LogP contribution in [0.2, 0.25) is 0 Å². The van der Waals surface area contributed by atoms with Crippen molar-refractivity contribution >= 4 is 12.0 Å². The van der Waals surface area contributed by atoms with Crippen LogP contribution in [0.15, 0.2) is 23.2 Å². The Kier molecular flexibility index (Phi) is 3.73. The molecule has 1 aromatic carbocycles. The van der Waals surface area contributed by atoms with E-state index < -0.39 is 24.3 Å². The van der Waals surface area contributed by atoms with Gasteiger partial charge in [0.15, 0.2) is 5.82 Å². The molecule has 1 unspecified atom stereocenters. The third-order valence-corrected chi connectivity index (χ3v) is 2.54. The van der Waals surface area contributed by atoms with Crippen LogP contribution in [0.1, 0.15) is 0 Å². The largest absolute Gasteiger partial charge is 0.394 e. The molecule has 0 aromatic heterocycles. The Balaban J connectivity index is 2.17. The first-order chi connectivity index (χ1) is 8.61. The van der Waals surface area contributed by atoms with E-state index >= 15 is 0 Å². The van der Waals surface area contributed by atoms with E-state index in [1.54, 1.807) is 0 Å². The predicted octanol–water partition coefficient (Wildman–Crippen LogP) is 0.341. The summed E-state index contributed by atoms with van der Waals surface area (Å²) in [6, 6.07) is 3.24. The second-order valence-electron chi connectivity index (χ2n) is 3.89. The molecule has 0 fully saturated rings. The molecule has 1 aliphatic heterocycles. The van der Waals surface area contributed by atoms with Gasteiger partial charge in [0.25, 0.3) is 0 Å². The molecule has 0 bridgehead atoms. The van der Waals surface area contributed by atoms with Gasteiger partial charge in [0.05, 0.1) is 24.9 Å². The summed E-state index contributed by atoms with van der Waals surface area (Å²) in [6.45, 7) is -0.137. The van der Waals surface area contributed by atoms with Crippen LogP contribution in [0.3, 0.4) is 0 Å². The molecule has 1 atom stereocenters. The van der Waals surface area contributed by atoms with Gasteiger partial charge in [-0.05, 0) is 12.1 Å². The molecule has 0 saturated carbocycles. The standard InChI is InChI=1S/C11H13F2N3O2/c12-8-1-2-11(10(13)3-8)16-7-14-6-15(16)4-9(18)5-17/h1-3,6,9,17-18H,4-5,7H2. The van der Waals surface area contributed by atoms with Crippen LogP contribution in [0.25, 0.3) is 0 Å². The van der Waals surface area contributed by atoms with E-state index in [4.69, 9.17) is 5.11 Å². The van der Waals surface area contributed by atoms with E-state index in [1.807, 2.05) is 0 Å². The van der Waals surface area contributed by atoms with Gasteiger partial charge in [-0.1, -0.05) is 0 Å². The number of halogens is 2. The average Bonchev–Trinajstić information content (AvgIpc) is 2.77. The minimum atomic E-state index is -0.958. The summed E-state index contributed by atoms with van der Waals surface area (Å²) >= 11 is 0. The zero-order chi connectivity index (χ0) is 13.1. The van der Waals surface area contributed by atoms with Crippen molar-refractivity contribution in [1.29, 1.82) is 0 Å². The summed E-state index contributed by atoms with van der Waals surface area (Å²) < 4.78 is 26.4. The molecule has 1 aliphatic rings. The van der Waals surface area contributed by atoms with E-state index in [9.17, 15) is 13.9 Å². The molecular weight excluding hydrogens is 244 g/mol. The fraction of sp³-hybridized carbons (Fsp3) is 0.364. The van der Waals surface area contributed by atoms with Crippen LogP contribution in [-0.4, -0.2) is 47.5 Å². The molecule has 1 heterocycles. The number of aliphatic hydroxyl groups is 2. The molecule has 2 N–H and O–H groups in total. The van der Waals surface area contributed by atoms with Crippen molar-refractivity contribution in [1.82, 2.24) is 5.01 Å². The second kappa shape index (κ2) is 5.28. The van der Waals surface area contributed by atoms with Crippen LogP contribution < -0.4 is 5.01 Å². The molecule has 0 amide bonds. The maximum atomic E-state index is 13.6. The van der Waals surface area contributed by atoms with Crippen molar-refractivity contribution in [3.8, 4) is 0 Å². The Hall–Kier alpha value is -1.73. The van der Waals surface area contributed by atoms with Gasteiger partial charge in [-0.3, -0.25) is 15.0 Å². The highest BCUT2D eigenvalue weighted by Crippen LogP contribution is 2.23. The van der Waals surface area contributed by atoms with Gasteiger partial charge in [-0.15, -0.1) is 0 Å². The minimum absolute atomic E-state index is 0.0802. The number of β-amino-alcohol motifs (C(OH)–C–C–N with tert-alkyl or cyclic N) is 1. The fourth-order valence-electron chi connectivity index (χ4n) is 1.68. The molecule has 7 heteroatoms. The SMILES string of the molecule is OCC(O)CN1C=NCN1c1ccc(F)cc1F. The number of benzene rings is 1. The zero-order valence-electron chi connectivity index (χ0n) is 9.50. The van der Waals surface area contributed by atoms with Crippen molar-refractivity contribution in [3.63, 3.8) is 0 Å². The minimum Gasteiger partial charge on any atom is -0.394 e. The lowest BCUT2D eigenvalue weighted by Gasteiger charge is -2.30. The summed E-state index contributed by atoms with van der Waals surface area (Å²) in [7, 11) is 0. The van der Waals surface area contributed by atoms with Gasteiger partial charge in [0.1, 0.15) is 18.8 Å². The third-order valence-electron chi connectivity index (χ3n) is 2.54. The highest BCUT2D eigenvalue weighted by atomic mass is 19.1. The Labute approximate surface area is 103 Å². The summed E-state index contributed by atoms with van der Waals surface area (Å²) in [5.41, 5.74) is 0.166. The van der Waals surface area contributed by atoms with E-state index in [2.05, 4.69) is 4.99 Å². The van der Waals surface area contributed by atoms with Gasteiger partial charge in [0, 0.05) is 6.07 Å². The lowest BCUT2D eigenvalue weighted by molar-refractivity contribution is 0.0765. The topological polar surface area (TPSA) is 59.3 Å². The van der Waals surface area contributed by atoms with Gasteiger partial charge in [-0.25, -0.2) is 8.78 Å². The molecule has 98 valence electrons. The van der Waals surface area contributed by atoms with Crippen molar-refractivity contribution < 1.29 is 19.0 Å². The van der Waals surface area contributed by atoms with E-state index in [1.165, 1.54) is 22.4 Å². The number of hydrazine groups is 1. The van der Waals surface area contributed by atoms with Crippen LogP contribution in [0, 0.1) is 11.6 Å². The molecule has 0 aliphatic carbocycles. The van der Waals surface area contributed by atoms with Crippen LogP contribution in [0.5, 0.6) is 0 Å². The number of nitrogens with zero attached hydrogens (tertiary/aromatic N) is 3. The number of hydrogen-bond donors (Lipinski definition) is 2. The Morgan fingerprint density at radius 3 is 2.83 bits per heavy atom. The third kappa shape index (κ3) is 2.57. The molecule has 0 spiro atoms. The first kappa shape index (κ1) is 12.7. The molecule has 18 heavy (non-hydrogen) atoms. The summed E-state index contributed by atoms with van der Waals surface area (Å²) in [5.74, 6) is -1.36. The van der Waals surface area contributed by atoms with Crippen LogP contribution in [0.4, 0.5) is 14.5 Å². The number of anilines is 1. The first-order valence-corrected chi connectivity index (χ1v) is 5.40. The molecule has 0 saturated heterocycles. The Morgan fingerprint density at radius 2 is 2.17 bits per heavy atom. The predicted molar refractivity (Wildman–Crippen MR) is 62.0 cm³/mol. The summed E-state index contributed by atoms with van der Waals surface area (Å²) in [6.07, 6.45) is 0.474. The Bertz CT molecular complexity index is 456. The first-order valence-electron chi connectivity index (χ1n) is 5.40. The van der Waals surface area contributed by atoms with Gasteiger partial charge >= 0.3 is 0 Å². The smallest absolute Gasteiger partial charge is 0.151 e. The summed E-state index contributed by atoms with van der Waals surface area (Å²) in [5, 5.41) is 21.1. The second-order valence-corrected chi connectivity index (χ2v) is 3.89. The van der Waals surface area contributed by atoms with Gasteiger partial charge in [-0.2, -0.15) is 0 Å². The molecule has 1 aromatic rings. The normalized spacial score (nSPS) is 16.4. The van der Waals surface area contributed by atoms with E-state index in [-0.39, 0.29) is 18.9 Å². The number of aliphatic imine (C=N–C) groups is 1. The maximum absolute atomic E-state index is 13.6. The van der Waals surface area contributed by atoms with Crippen molar-refractivity contribution in [2.24, 2.45) is 4.99 Å². The van der Waals surface area contributed by atoms with Gasteiger partial charge < -0.3 is 10.2 Å². The van der Waals surface area contributed by atoms with Gasteiger partial charge in [0.2, 0.25) is 0 Å². The van der Waals surface area contributed by atoms with Crippen LogP contribution >= 0.6 is 0 Å². The lowest BCUT2D eigenvalue weighted by atomic mass is 10.3. The monoisotopic (exact) mass is 257 g/mol. The van der Waals surface area contributed by atoms with Crippen molar-refractivity contribution in [2.45, 2.75) is 6.10 Å². The number of aliphatic hydroxyl groups excluding tert-OH is 2. The molecule has 0 radical (unpaired) electrons. The molecule has 2 rings (SSSR count). The highest BCUT2D eigenvalue weighted by Gasteiger charge is 2.23. The molecule has 5 nitrogen and oxygen atoms in total. The molecular formula is C11H13F2N3O2. The quantitative estimate of drug-likeness (QED) is 0.816. The maximum Gasteiger partial charge on any atom is 0.151 e. The Morgan fingerprint density at radius 1 is 1.39 bits per heavy atom. The summed E-state index contributed by atoms with van der Waals surface area (Å²) in [4.78, 5) is 3.95. The number of hydrogen-bond acceptors (Lipinski definition) is 5. The fourth-order valence-corrected chi connectivity index (χ4v) is 1.68. The highest BCUT2D eigenvalue weighted by molar-refractivity contribution is 5.64. The van der Waals surface area contributed by atoms with E-state index in [0.29, 0.717) is 0 Å². The van der Waals surface area contributed by atoms with Crippen LogP contribution in [-0.2, 0) is 0 Å². The average molecular weight is 257 g/mol.